The number of fused-ring (bicyclic) bond motifs is 1. The first-order valence-corrected chi connectivity index (χ1v) is 9.84. The van der Waals surface area contributed by atoms with Gasteiger partial charge in [-0.25, -0.2) is 13.6 Å². The molecule has 0 saturated heterocycles. The van der Waals surface area contributed by atoms with Crippen molar-refractivity contribution in [2.75, 3.05) is 5.32 Å². The molecule has 0 atom stereocenters. The number of rotatable bonds is 4. The maximum atomic E-state index is 12.4. The Balaban J connectivity index is 1.84. The number of nitrogens with zero attached hydrogens (tertiary/aromatic N) is 2. The molecule has 3 aromatic rings. The number of sulfonamides is 1. The van der Waals surface area contributed by atoms with Crippen molar-refractivity contribution in [3.8, 4) is 11.6 Å². The summed E-state index contributed by atoms with van der Waals surface area (Å²) in [6.45, 7) is 0. The molecule has 0 unspecified atom stereocenters. The van der Waals surface area contributed by atoms with Gasteiger partial charge in [-0.2, -0.15) is 0 Å². The maximum absolute atomic E-state index is 12.4. The lowest BCUT2D eigenvalue weighted by molar-refractivity contribution is -0.274. The van der Waals surface area contributed by atoms with E-state index in [1.165, 1.54) is 30.3 Å². The number of alkyl halides is 3. The Morgan fingerprint density at radius 1 is 1.23 bits per heavy atom. The summed E-state index contributed by atoms with van der Waals surface area (Å²) in [5.74, 6) is -0.956. The lowest BCUT2D eigenvalue weighted by Gasteiger charge is -2.08. The molecule has 158 valence electrons. The van der Waals surface area contributed by atoms with Gasteiger partial charge in [0.05, 0.1) is 10.4 Å². The summed E-state index contributed by atoms with van der Waals surface area (Å²) in [4.78, 5) is 2.38. The molecular weight excluding hydrogens is 447 g/mol. The van der Waals surface area contributed by atoms with Crippen molar-refractivity contribution < 1.29 is 31.4 Å². The van der Waals surface area contributed by atoms with Crippen molar-refractivity contribution in [2.45, 2.75) is 11.3 Å². The van der Waals surface area contributed by atoms with Gasteiger partial charge in [0, 0.05) is 11.1 Å². The zero-order chi connectivity index (χ0) is 22.1. The van der Waals surface area contributed by atoms with Crippen LogP contribution in [-0.4, -0.2) is 30.0 Å². The molecule has 2 aromatic carbocycles. The van der Waals surface area contributed by atoms with Gasteiger partial charge in [0.1, 0.15) is 5.75 Å². The molecule has 1 heterocycles. The minimum Gasteiger partial charge on any atom is -0.493 e. The third-order valence-electron chi connectivity index (χ3n) is 3.61. The smallest absolute Gasteiger partial charge is 0.493 e. The van der Waals surface area contributed by atoms with E-state index < -0.39 is 28.0 Å². The van der Waals surface area contributed by atoms with Crippen LogP contribution in [0.25, 0.3) is 10.9 Å². The summed E-state index contributed by atoms with van der Waals surface area (Å²) in [5.41, 5.74) is 0.380. The summed E-state index contributed by atoms with van der Waals surface area (Å²) in [7, 11) is -3.92. The lowest BCUT2D eigenvalue weighted by atomic mass is 10.2. The zero-order valence-corrected chi connectivity index (χ0v) is 16.3. The van der Waals surface area contributed by atoms with Crippen molar-refractivity contribution in [1.82, 2.24) is 4.98 Å². The highest BCUT2D eigenvalue weighted by molar-refractivity contribution is 7.89. The molecular formula is C16H12F3N5O4S2. The molecule has 1 aromatic heterocycles. The number of aromatic hydroxyl groups is 1. The Hall–Kier alpha value is -3.23. The number of nitrogens with two attached hydrogens (primary N) is 1. The third-order valence-corrected chi connectivity index (χ3v) is 4.71. The number of aromatic nitrogens is 1. The van der Waals surface area contributed by atoms with Crippen LogP contribution in [0.3, 0.4) is 0 Å². The molecule has 9 nitrogen and oxygen atoms in total. The molecule has 0 aliphatic carbocycles. The number of aromatic amines is 1. The largest absolute Gasteiger partial charge is 0.573 e. The van der Waals surface area contributed by atoms with E-state index >= 15 is 0 Å². The molecule has 5 N–H and O–H groups in total. The highest BCUT2D eigenvalue weighted by Gasteiger charge is 2.31. The number of H-pyrrole nitrogens is 1. The van der Waals surface area contributed by atoms with Gasteiger partial charge in [-0.15, -0.1) is 23.4 Å². The number of primary sulfonamides is 1. The standard InChI is InChI=1S/C16H12F3N5O4S2/c17-16(18,19)28-9-4-5-12-11(7-9)13(14(25)22-12)23-24-15(29)21-8-2-1-3-10(6-8)30(20,26)27/h1-7,22,25H,(H,21,29)(H2,20,26,27). The van der Waals surface area contributed by atoms with Gasteiger partial charge in [0.25, 0.3) is 0 Å². The summed E-state index contributed by atoms with van der Waals surface area (Å²) in [6.07, 6.45) is -4.88. The Morgan fingerprint density at radius 2 is 1.97 bits per heavy atom. The van der Waals surface area contributed by atoms with Crippen molar-refractivity contribution in [1.29, 1.82) is 0 Å². The number of hydrogen-bond acceptors (Lipinski definition) is 6. The highest BCUT2D eigenvalue weighted by Crippen LogP contribution is 2.38. The van der Waals surface area contributed by atoms with E-state index in [0.29, 0.717) is 0 Å². The average molecular weight is 459 g/mol. The fraction of sp³-hybridized carbons (Fsp3) is 0.0625. The Labute approximate surface area is 172 Å². The predicted molar refractivity (Wildman–Crippen MR) is 105 cm³/mol. The molecule has 0 amide bonds. The van der Waals surface area contributed by atoms with Crippen molar-refractivity contribution in [3.63, 3.8) is 0 Å². The average Bonchev–Trinajstić information content (AvgIpc) is 2.93. The topological polar surface area (TPSA) is 142 Å². The van der Waals surface area contributed by atoms with Crippen LogP contribution in [0, 0.1) is 0 Å². The van der Waals surface area contributed by atoms with Crippen LogP contribution in [-0.2, 0) is 10.0 Å². The maximum Gasteiger partial charge on any atom is 0.573 e. The molecule has 0 bridgehead atoms. The minimum absolute atomic E-state index is 0.108. The highest BCUT2D eigenvalue weighted by atomic mass is 32.2. The van der Waals surface area contributed by atoms with Gasteiger partial charge in [-0.05, 0) is 48.6 Å². The molecule has 30 heavy (non-hydrogen) atoms. The van der Waals surface area contributed by atoms with Gasteiger partial charge in [-0.1, -0.05) is 6.07 Å². The van der Waals surface area contributed by atoms with Crippen LogP contribution in [0.2, 0.25) is 0 Å². The Bertz CT molecular complexity index is 1260. The van der Waals surface area contributed by atoms with E-state index in [1.807, 2.05) is 0 Å². The second-order valence-corrected chi connectivity index (χ2v) is 7.73. The van der Waals surface area contributed by atoms with E-state index in [1.54, 1.807) is 0 Å². The zero-order valence-electron chi connectivity index (χ0n) is 14.6. The van der Waals surface area contributed by atoms with Crippen molar-refractivity contribution >= 4 is 49.6 Å². The quantitative estimate of drug-likeness (QED) is 0.344. The van der Waals surface area contributed by atoms with Crippen LogP contribution < -0.4 is 15.2 Å². The molecule has 0 saturated carbocycles. The van der Waals surface area contributed by atoms with Crippen LogP contribution in [0.5, 0.6) is 11.6 Å². The van der Waals surface area contributed by atoms with E-state index in [9.17, 15) is 26.7 Å². The van der Waals surface area contributed by atoms with Crippen molar-refractivity contribution in [2.24, 2.45) is 15.4 Å². The summed E-state index contributed by atoms with van der Waals surface area (Å²) < 4.78 is 63.9. The molecule has 0 spiro atoms. The number of nitrogens with one attached hydrogen (secondary N) is 2. The van der Waals surface area contributed by atoms with Crippen LogP contribution in [0.4, 0.5) is 24.5 Å². The SMILES string of the molecule is NS(=O)(=O)c1cccc(NC(=S)N=Nc2c(O)[nH]c3ccc(OC(F)(F)F)cc23)c1. The first-order chi connectivity index (χ1) is 13.9. The molecule has 0 aliphatic rings. The van der Waals surface area contributed by atoms with Gasteiger partial charge >= 0.3 is 6.36 Å². The van der Waals surface area contributed by atoms with Gasteiger partial charge in [-0.3, -0.25) is 0 Å². The Morgan fingerprint density at radius 3 is 2.63 bits per heavy atom. The first-order valence-electron chi connectivity index (χ1n) is 7.88. The normalized spacial score (nSPS) is 12.4. The first kappa shape index (κ1) is 21.5. The van der Waals surface area contributed by atoms with E-state index in [4.69, 9.17) is 17.4 Å². The molecule has 14 heteroatoms. The molecule has 0 aliphatic heterocycles. The number of halogens is 3. The van der Waals surface area contributed by atoms with Crippen LogP contribution in [0.15, 0.2) is 57.6 Å². The van der Waals surface area contributed by atoms with Gasteiger partial charge < -0.3 is 20.1 Å². The summed E-state index contributed by atoms with van der Waals surface area (Å²) in [6, 6.07) is 8.80. The predicted octanol–water partition coefficient (Wildman–Crippen LogP) is 3.90. The Kier molecular flexibility index (Phi) is 5.65. The van der Waals surface area contributed by atoms with Gasteiger partial charge in [0.2, 0.25) is 21.0 Å². The number of anilines is 1. The third kappa shape index (κ3) is 5.22. The number of hydrogen-bond donors (Lipinski definition) is 4. The van der Waals surface area contributed by atoms with Crippen LogP contribution in [0.1, 0.15) is 0 Å². The van der Waals surface area contributed by atoms with Gasteiger partial charge in [0.15, 0.2) is 5.69 Å². The number of thiocarbonyl (C=S) groups is 1. The molecule has 0 radical (unpaired) electrons. The van der Waals surface area contributed by atoms with Crippen LogP contribution >= 0.6 is 12.2 Å². The summed E-state index contributed by atoms with van der Waals surface area (Å²) >= 11 is 4.99. The van der Waals surface area contributed by atoms with E-state index in [0.717, 1.165) is 12.1 Å². The van der Waals surface area contributed by atoms with Crippen molar-refractivity contribution in [3.05, 3.63) is 42.5 Å². The molecule has 3 rings (SSSR count). The van der Waals surface area contributed by atoms with E-state index in [2.05, 4.69) is 25.3 Å². The van der Waals surface area contributed by atoms with E-state index in [-0.39, 0.29) is 32.3 Å². The monoisotopic (exact) mass is 459 g/mol. The number of benzene rings is 2. The second-order valence-electron chi connectivity index (χ2n) is 5.78. The fourth-order valence-corrected chi connectivity index (χ4v) is 3.15. The number of azo groups is 1. The molecule has 0 fully saturated rings. The fourth-order valence-electron chi connectivity index (χ4n) is 2.44. The lowest BCUT2D eigenvalue weighted by Crippen LogP contribution is -2.16. The number of ether oxygens (including phenoxy) is 1. The summed E-state index contributed by atoms with van der Waals surface area (Å²) in [5, 5.41) is 25.0. The minimum atomic E-state index is -4.88. The second kappa shape index (κ2) is 7.89.